The predicted octanol–water partition coefficient (Wildman–Crippen LogP) is 5.01. The van der Waals surface area contributed by atoms with Crippen molar-refractivity contribution < 1.29 is 4.79 Å². The van der Waals surface area contributed by atoms with Crippen molar-refractivity contribution in [3.63, 3.8) is 0 Å². The number of carbonyl (C=O) groups excluding carboxylic acids is 1. The summed E-state index contributed by atoms with van der Waals surface area (Å²) in [4.78, 5) is 21.6. The van der Waals surface area contributed by atoms with Gasteiger partial charge < -0.3 is 10.6 Å². The molecule has 0 radical (unpaired) electrons. The van der Waals surface area contributed by atoms with Crippen LogP contribution >= 0.6 is 0 Å². The molecule has 0 aliphatic heterocycles. The summed E-state index contributed by atoms with van der Waals surface area (Å²) in [5.41, 5.74) is 7.26. The molecule has 0 atom stereocenters. The Kier molecular flexibility index (Phi) is 5.21. The zero-order valence-corrected chi connectivity index (χ0v) is 16.3. The molecule has 5 nitrogen and oxygen atoms in total. The van der Waals surface area contributed by atoms with Crippen LogP contribution in [0.3, 0.4) is 0 Å². The highest BCUT2D eigenvalue weighted by molar-refractivity contribution is 6.03. The van der Waals surface area contributed by atoms with E-state index < -0.39 is 0 Å². The summed E-state index contributed by atoms with van der Waals surface area (Å²) in [6.07, 6.45) is 0. The van der Waals surface area contributed by atoms with Gasteiger partial charge in [0.05, 0.1) is 0 Å². The van der Waals surface area contributed by atoms with E-state index in [1.807, 2.05) is 58.0 Å². The van der Waals surface area contributed by atoms with Crippen LogP contribution in [0.25, 0.3) is 0 Å². The summed E-state index contributed by atoms with van der Waals surface area (Å²) in [6, 6.07) is 13.5. The van der Waals surface area contributed by atoms with E-state index in [-0.39, 0.29) is 5.91 Å². The Morgan fingerprint density at radius 2 is 1.41 bits per heavy atom. The second-order valence-corrected chi connectivity index (χ2v) is 6.79. The van der Waals surface area contributed by atoms with Gasteiger partial charge in [0, 0.05) is 17.1 Å². The number of nitrogens with one attached hydrogen (secondary N) is 2. The summed E-state index contributed by atoms with van der Waals surface area (Å²) >= 11 is 0. The van der Waals surface area contributed by atoms with Gasteiger partial charge >= 0.3 is 0 Å². The van der Waals surface area contributed by atoms with E-state index >= 15 is 0 Å². The van der Waals surface area contributed by atoms with Crippen LogP contribution in [0.2, 0.25) is 0 Å². The molecule has 0 aliphatic rings. The first-order chi connectivity index (χ1) is 12.8. The van der Waals surface area contributed by atoms with Crippen LogP contribution in [0.5, 0.6) is 0 Å². The lowest BCUT2D eigenvalue weighted by molar-refractivity contribution is 0.102. The maximum atomic E-state index is 12.7. The van der Waals surface area contributed by atoms with E-state index in [0.717, 1.165) is 33.8 Å². The van der Waals surface area contributed by atoms with Crippen molar-refractivity contribution in [2.45, 2.75) is 34.6 Å². The van der Waals surface area contributed by atoms with Gasteiger partial charge in [-0.2, -0.15) is 0 Å². The lowest BCUT2D eigenvalue weighted by atomic mass is 10.1. The van der Waals surface area contributed by atoms with Crippen molar-refractivity contribution in [2.75, 3.05) is 10.6 Å². The molecule has 27 heavy (non-hydrogen) atoms. The summed E-state index contributed by atoms with van der Waals surface area (Å²) in [5, 5.41) is 6.18. The highest BCUT2D eigenvalue weighted by atomic mass is 16.1. The highest BCUT2D eigenvalue weighted by Crippen LogP contribution is 2.22. The molecule has 1 amide bonds. The molecule has 5 heteroatoms. The average Bonchev–Trinajstić information content (AvgIpc) is 2.62. The summed E-state index contributed by atoms with van der Waals surface area (Å²) < 4.78 is 0. The molecule has 0 saturated heterocycles. The Labute approximate surface area is 159 Å². The van der Waals surface area contributed by atoms with Gasteiger partial charge in [0.2, 0.25) is 5.95 Å². The minimum Gasteiger partial charge on any atom is -0.324 e. The second kappa shape index (κ2) is 7.58. The van der Waals surface area contributed by atoms with E-state index in [1.165, 1.54) is 5.56 Å². The molecule has 3 aromatic rings. The minimum absolute atomic E-state index is 0.252. The molecule has 0 bridgehead atoms. The fraction of sp³-hybridized carbons (Fsp3) is 0.227. The van der Waals surface area contributed by atoms with E-state index in [2.05, 4.69) is 33.6 Å². The number of carbonyl (C=O) groups is 1. The first-order valence-electron chi connectivity index (χ1n) is 8.91. The van der Waals surface area contributed by atoms with Crippen LogP contribution in [0.1, 0.15) is 38.4 Å². The zero-order valence-electron chi connectivity index (χ0n) is 16.3. The van der Waals surface area contributed by atoms with Gasteiger partial charge in [-0.15, -0.1) is 0 Å². The molecule has 0 saturated carbocycles. The van der Waals surface area contributed by atoms with Crippen molar-refractivity contribution in [3.8, 4) is 0 Å². The molecule has 138 valence electrons. The third-order valence-electron chi connectivity index (χ3n) is 4.79. The molecule has 0 aliphatic carbocycles. The van der Waals surface area contributed by atoms with Crippen molar-refractivity contribution in [1.82, 2.24) is 9.97 Å². The van der Waals surface area contributed by atoms with Gasteiger partial charge in [0.15, 0.2) is 0 Å². The number of anilines is 3. The molecule has 3 rings (SSSR count). The van der Waals surface area contributed by atoms with Gasteiger partial charge in [-0.25, -0.2) is 9.97 Å². The third kappa shape index (κ3) is 4.14. The fourth-order valence-electron chi connectivity index (χ4n) is 2.82. The zero-order chi connectivity index (χ0) is 19.6. The lowest BCUT2D eigenvalue weighted by Crippen LogP contribution is -2.16. The molecular formula is C22H24N4O. The van der Waals surface area contributed by atoms with Gasteiger partial charge in [-0.1, -0.05) is 24.3 Å². The summed E-state index contributed by atoms with van der Waals surface area (Å²) in [5.74, 6) is 0.160. The third-order valence-corrected chi connectivity index (χ3v) is 4.79. The van der Waals surface area contributed by atoms with E-state index in [4.69, 9.17) is 0 Å². The van der Waals surface area contributed by atoms with Gasteiger partial charge in [-0.05, 0) is 75.1 Å². The maximum absolute atomic E-state index is 12.7. The average molecular weight is 360 g/mol. The van der Waals surface area contributed by atoms with Crippen molar-refractivity contribution in [3.05, 3.63) is 76.1 Å². The molecule has 1 aromatic heterocycles. The summed E-state index contributed by atoms with van der Waals surface area (Å²) in [6.45, 7) is 9.96. The van der Waals surface area contributed by atoms with Crippen LogP contribution in [0, 0.1) is 34.6 Å². The molecule has 2 aromatic carbocycles. The smallest absolute Gasteiger partial charge is 0.274 e. The Balaban J connectivity index is 1.87. The number of benzene rings is 2. The predicted molar refractivity (Wildman–Crippen MR) is 110 cm³/mol. The second-order valence-electron chi connectivity index (χ2n) is 6.79. The van der Waals surface area contributed by atoms with E-state index in [9.17, 15) is 4.79 Å². The number of hydrogen-bond donors (Lipinski definition) is 2. The Morgan fingerprint density at radius 1 is 0.815 bits per heavy atom. The highest BCUT2D eigenvalue weighted by Gasteiger charge is 2.13. The minimum atomic E-state index is -0.252. The fourth-order valence-corrected chi connectivity index (χ4v) is 2.82. The van der Waals surface area contributed by atoms with Crippen molar-refractivity contribution >= 4 is 23.2 Å². The van der Waals surface area contributed by atoms with Gasteiger partial charge in [0.1, 0.15) is 5.69 Å². The van der Waals surface area contributed by atoms with E-state index in [1.54, 1.807) is 6.07 Å². The number of rotatable bonds is 4. The van der Waals surface area contributed by atoms with Crippen molar-refractivity contribution in [1.29, 1.82) is 0 Å². The van der Waals surface area contributed by atoms with Gasteiger partial charge in [0.25, 0.3) is 5.91 Å². The molecule has 0 spiro atoms. The van der Waals surface area contributed by atoms with E-state index in [0.29, 0.717) is 11.6 Å². The van der Waals surface area contributed by atoms with Crippen LogP contribution in [0.4, 0.5) is 17.3 Å². The van der Waals surface area contributed by atoms with Crippen LogP contribution in [-0.2, 0) is 0 Å². The normalized spacial score (nSPS) is 10.6. The largest absolute Gasteiger partial charge is 0.324 e. The Hall–Kier alpha value is -3.21. The van der Waals surface area contributed by atoms with Gasteiger partial charge in [-0.3, -0.25) is 4.79 Å². The standard InChI is InChI=1S/C22H24N4O/c1-13-8-6-10-18(16(13)4)24-21(27)20-12-15(3)23-22(26-20)25-19-11-7-9-14(2)17(19)5/h6-12H,1-5H3,(H,24,27)(H,23,25,26). The Morgan fingerprint density at radius 3 is 2.07 bits per heavy atom. The van der Waals surface area contributed by atoms with Crippen LogP contribution < -0.4 is 10.6 Å². The lowest BCUT2D eigenvalue weighted by Gasteiger charge is -2.13. The molecule has 0 unspecified atom stereocenters. The molecule has 1 heterocycles. The number of aromatic nitrogens is 2. The molecular weight excluding hydrogens is 336 g/mol. The number of hydrogen-bond acceptors (Lipinski definition) is 4. The topological polar surface area (TPSA) is 66.9 Å². The number of aryl methyl sites for hydroxylation is 3. The SMILES string of the molecule is Cc1cc(C(=O)Nc2cccc(C)c2C)nc(Nc2cccc(C)c2C)n1. The number of amides is 1. The van der Waals surface area contributed by atoms with Crippen molar-refractivity contribution in [2.24, 2.45) is 0 Å². The summed E-state index contributed by atoms with van der Waals surface area (Å²) in [7, 11) is 0. The monoisotopic (exact) mass is 360 g/mol. The Bertz CT molecular complexity index is 1010. The quantitative estimate of drug-likeness (QED) is 0.686. The van der Waals surface area contributed by atoms with Crippen LogP contribution in [0.15, 0.2) is 42.5 Å². The molecule has 2 N–H and O–H groups in total. The molecule has 0 fully saturated rings. The number of nitrogens with zero attached hydrogens (tertiary/aromatic N) is 2. The first-order valence-corrected chi connectivity index (χ1v) is 8.91. The first kappa shape index (κ1) is 18.6. The maximum Gasteiger partial charge on any atom is 0.274 e. The van der Waals surface area contributed by atoms with Crippen LogP contribution in [-0.4, -0.2) is 15.9 Å².